The number of aliphatic carboxylic acids is 1. The van der Waals surface area contributed by atoms with E-state index in [1.54, 1.807) is 0 Å². The average Bonchev–Trinajstić information content (AvgIpc) is 2.53. The van der Waals surface area contributed by atoms with Gasteiger partial charge in [0.05, 0.1) is 6.54 Å². The highest BCUT2D eigenvalue weighted by Crippen LogP contribution is 2.08. The van der Waals surface area contributed by atoms with Gasteiger partial charge in [-0.05, 0) is 18.4 Å². The van der Waals surface area contributed by atoms with E-state index >= 15 is 0 Å². The SMILES string of the molecule is COCC(=O)N(C)CC(=O)NC(CCC(=O)O)Cc1ccccc1. The van der Waals surface area contributed by atoms with Crippen LogP contribution in [-0.2, 0) is 25.5 Å². The third-order valence-corrected chi connectivity index (χ3v) is 3.47. The van der Waals surface area contributed by atoms with Gasteiger partial charge in [0.1, 0.15) is 6.61 Å². The summed E-state index contributed by atoms with van der Waals surface area (Å²) in [5, 5.41) is 11.7. The van der Waals surface area contributed by atoms with Gasteiger partial charge in [0.25, 0.3) is 0 Å². The highest BCUT2D eigenvalue weighted by atomic mass is 16.5. The smallest absolute Gasteiger partial charge is 0.303 e. The van der Waals surface area contributed by atoms with Crippen molar-refractivity contribution in [1.29, 1.82) is 0 Å². The molecule has 0 radical (unpaired) electrons. The molecule has 132 valence electrons. The molecule has 7 nitrogen and oxygen atoms in total. The molecule has 7 heteroatoms. The summed E-state index contributed by atoms with van der Waals surface area (Å²) < 4.78 is 4.74. The number of benzene rings is 1. The highest BCUT2D eigenvalue weighted by Gasteiger charge is 2.17. The van der Waals surface area contributed by atoms with Crippen LogP contribution in [0.3, 0.4) is 0 Å². The van der Waals surface area contributed by atoms with Gasteiger partial charge in [0.15, 0.2) is 0 Å². The molecule has 1 rings (SSSR count). The van der Waals surface area contributed by atoms with Crippen molar-refractivity contribution in [2.75, 3.05) is 27.3 Å². The summed E-state index contributed by atoms with van der Waals surface area (Å²) in [7, 11) is 2.93. The van der Waals surface area contributed by atoms with Crippen molar-refractivity contribution in [2.24, 2.45) is 0 Å². The number of rotatable bonds is 10. The summed E-state index contributed by atoms with van der Waals surface area (Å²) in [4.78, 5) is 35.8. The van der Waals surface area contributed by atoms with Crippen LogP contribution in [0.5, 0.6) is 0 Å². The minimum atomic E-state index is -0.908. The fourth-order valence-electron chi connectivity index (χ4n) is 2.23. The minimum absolute atomic E-state index is 0.0315. The maximum Gasteiger partial charge on any atom is 0.303 e. The van der Waals surface area contributed by atoms with Crippen LogP contribution in [-0.4, -0.2) is 61.1 Å². The second-order valence-corrected chi connectivity index (χ2v) is 5.57. The molecular formula is C17H24N2O5. The first-order valence-corrected chi connectivity index (χ1v) is 7.70. The van der Waals surface area contributed by atoms with Gasteiger partial charge >= 0.3 is 5.97 Å². The third kappa shape index (κ3) is 7.73. The van der Waals surface area contributed by atoms with Crippen LogP contribution in [0.4, 0.5) is 0 Å². The largest absolute Gasteiger partial charge is 0.481 e. The first-order chi connectivity index (χ1) is 11.4. The molecule has 0 heterocycles. The van der Waals surface area contributed by atoms with E-state index in [0.29, 0.717) is 12.8 Å². The Hall–Kier alpha value is -2.41. The number of carbonyl (C=O) groups excluding carboxylic acids is 2. The topological polar surface area (TPSA) is 95.9 Å². The minimum Gasteiger partial charge on any atom is -0.481 e. The van der Waals surface area contributed by atoms with Crippen LogP contribution in [0, 0.1) is 0 Å². The zero-order chi connectivity index (χ0) is 17.9. The number of carboxylic acid groups (broad SMARTS) is 1. The predicted molar refractivity (Wildman–Crippen MR) is 88.5 cm³/mol. The lowest BCUT2D eigenvalue weighted by Gasteiger charge is -2.21. The molecule has 1 unspecified atom stereocenters. The Morgan fingerprint density at radius 2 is 1.92 bits per heavy atom. The van der Waals surface area contributed by atoms with Crippen molar-refractivity contribution < 1.29 is 24.2 Å². The van der Waals surface area contributed by atoms with Gasteiger partial charge in [-0.15, -0.1) is 0 Å². The molecule has 0 aliphatic carbocycles. The number of methoxy groups -OCH3 is 1. The molecule has 0 saturated carbocycles. The number of ether oxygens (including phenoxy) is 1. The molecule has 24 heavy (non-hydrogen) atoms. The fraction of sp³-hybridized carbons (Fsp3) is 0.471. The van der Waals surface area contributed by atoms with E-state index in [0.717, 1.165) is 5.56 Å². The molecule has 0 aliphatic heterocycles. The van der Waals surface area contributed by atoms with E-state index < -0.39 is 5.97 Å². The number of hydrogen-bond donors (Lipinski definition) is 2. The Labute approximate surface area is 141 Å². The molecule has 1 aromatic carbocycles. The number of carbonyl (C=O) groups is 3. The molecule has 1 atom stereocenters. The Bertz CT molecular complexity index is 547. The summed E-state index contributed by atoms with van der Waals surface area (Å²) in [5.74, 6) is -1.53. The molecule has 0 aliphatic rings. The maximum atomic E-state index is 12.1. The molecule has 2 amide bonds. The van der Waals surface area contributed by atoms with Crippen LogP contribution in [0.25, 0.3) is 0 Å². The van der Waals surface area contributed by atoms with E-state index in [-0.39, 0.29) is 37.4 Å². The number of amides is 2. The van der Waals surface area contributed by atoms with E-state index in [9.17, 15) is 14.4 Å². The van der Waals surface area contributed by atoms with Crippen LogP contribution in [0.1, 0.15) is 18.4 Å². The van der Waals surface area contributed by atoms with Crippen LogP contribution in [0.2, 0.25) is 0 Å². The van der Waals surface area contributed by atoms with Crippen LogP contribution < -0.4 is 5.32 Å². The summed E-state index contributed by atoms with van der Waals surface area (Å²) in [6.07, 6.45) is 0.831. The van der Waals surface area contributed by atoms with Gasteiger partial charge in [-0.2, -0.15) is 0 Å². The zero-order valence-electron chi connectivity index (χ0n) is 14.0. The fourth-order valence-corrected chi connectivity index (χ4v) is 2.23. The van der Waals surface area contributed by atoms with Crippen molar-refractivity contribution in [3.05, 3.63) is 35.9 Å². The standard InChI is InChI=1S/C17H24N2O5/c1-19(16(21)12-24-2)11-15(20)18-14(8-9-17(22)23)10-13-6-4-3-5-7-13/h3-7,14H,8-12H2,1-2H3,(H,18,20)(H,22,23). The highest BCUT2D eigenvalue weighted by molar-refractivity contribution is 5.85. The van der Waals surface area contributed by atoms with E-state index in [1.807, 2.05) is 30.3 Å². The zero-order valence-corrected chi connectivity index (χ0v) is 14.0. The number of nitrogens with one attached hydrogen (secondary N) is 1. The molecule has 0 fully saturated rings. The second kappa shape index (κ2) is 10.4. The Morgan fingerprint density at radius 1 is 1.25 bits per heavy atom. The molecular weight excluding hydrogens is 312 g/mol. The molecule has 0 spiro atoms. The van der Waals surface area contributed by atoms with E-state index in [4.69, 9.17) is 9.84 Å². The first-order valence-electron chi connectivity index (χ1n) is 7.70. The maximum absolute atomic E-state index is 12.1. The van der Waals surface area contributed by atoms with Crippen molar-refractivity contribution >= 4 is 17.8 Å². The Morgan fingerprint density at radius 3 is 2.50 bits per heavy atom. The lowest BCUT2D eigenvalue weighted by Crippen LogP contribution is -2.44. The van der Waals surface area contributed by atoms with Crippen molar-refractivity contribution in [3.63, 3.8) is 0 Å². The van der Waals surface area contributed by atoms with Gasteiger partial charge in [0.2, 0.25) is 11.8 Å². The lowest BCUT2D eigenvalue weighted by molar-refractivity contribution is -0.138. The van der Waals surface area contributed by atoms with Gasteiger partial charge in [-0.3, -0.25) is 14.4 Å². The molecule has 1 aromatic rings. The average molecular weight is 336 g/mol. The number of likely N-dealkylation sites (N-methyl/N-ethyl adjacent to an activating group) is 1. The summed E-state index contributed by atoms with van der Waals surface area (Å²) >= 11 is 0. The monoisotopic (exact) mass is 336 g/mol. The van der Waals surface area contributed by atoms with E-state index in [2.05, 4.69) is 5.32 Å². The Kier molecular flexibility index (Phi) is 8.49. The van der Waals surface area contributed by atoms with E-state index in [1.165, 1.54) is 19.1 Å². The quantitative estimate of drug-likeness (QED) is 0.655. The summed E-state index contributed by atoms with van der Waals surface area (Å²) in [5.41, 5.74) is 1.01. The van der Waals surface area contributed by atoms with Crippen LogP contribution >= 0.6 is 0 Å². The summed E-state index contributed by atoms with van der Waals surface area (Å²) in [6, 6.07) is 9.22. The van der Waals surface area contributed by atoms with Gasteiger partial charge in [0, 0.05) is 26.6 Å². The lowest BCUT2D eigenvalue weighted by atomic mass is 10.0. The van der Waals surface area contributed by atoms with Crippen molar-refractivity contribution in [2.45, 2.75) is 25.3 Å². The molecule has 0 bridgehead atoms. The van der Waals surface area contributed by atoms with Gasteiger partial charge < -0.3 is 20.1 Å². The van der Waals surface area contributed by atoms with Crippen molar-refractivity contribution in [3.8, 4) is 0 Å². The predicted octanol–water partition coefficient (Wildman–Crippen LogP) is 0.684. The number of hydrogen-bond acceptors (Lipinski definition) is 4. The first kappa shape index (κ1) is 19.6. The molecule has 0 aromatic heterocycles. The van der Waals surface area contributed by atoms with Crippen LogP contribution in [0.15, 0.2) is 30.3 Å². The molecule has 0 saturated heterocycles. The normalized spacial score (nSPS) is 11.6. The second-order valence-electron chi connectivity index (χ2n) is 5.57. The number of carboxylic acids is 1. The van der Waals surface area contributed by atoms with Crippen molar-refractivity contribution in [1.82, 2.24) is 10.2 Å². The van der Waals surface area contributed by atoms with Gasteiger partial charge in [-0.1, -0.05) is 30.3 Å². The Balaban J connectivity index is 2.61. The third-order valence-electron chi connectivity index (χ3n) is 3.47. The summed E-state index contributed by atoms with van der Waals surface area (Å²) in [6.45, 7) is -0.184. The molecule has 2 N–H and O–H groups in total. The number of nitrogens with zero attached hydrogens (tertiary/aromatic N) is 1. The van der Waals surface area contributed by atoms with Gasteiger partial charge in [-0.25, -0.2) is 0 Å².